The minimum atomic E-state index is -0.675. The van der Waals surface area contributed by atoms with Crippen molar-refractivity contribution in [2.75, 3.05) is 37.2 Å². The molecule has 212 valence electrons. The van der Waals surface area contributed by atoms with E-state index in [1.807, 2.05) is 66.7 Å². The van der Waals surface area contributed by atoms with Gasteiger partial charge in [0.15, 0.2) is 0 Å². The Hall–Kier alpha value is -3.91. The maximum Gasteiger partial charge on any atom is 0.318 e. The van der Waals surface area contributed by atoms with Crippen LogP contribution in [0.1, 0.15) is 29.5 Å². The van der Waals surface area contributed by atoms with Crippen LogP contribution in [0.4, 0.5) is 10.5 Å². The van der Waals surface area contributed by atoms with Gasteiger partial charge in [-0.15, -0.1) is 0 Å². The lowest BCUT2D eigenvalue weighted by Gasteiger charge is -2.40. The van der Waals surface area contributed by atoms with Crippen LogP contribution in [0.25, 0.3) is 10.9 Å². The molecule has 1 saturated heterocycles. The lowest BCUT2D eigenvalue weighted by atomic mass is 9.74. The summed E-state index contributed by atoms with van der Waals surface area (Å²) in [5.74, 6) is -0.0960. The first-order chi connectivity index (χ1) is 20.0. The number of amides is 3. The molecule has 1 aromatic heterocycles. The molecule has 6 rings (SSSR count). The molecule has 41 heavy (non-hydrogen) atoms. The Morgan fingerprint density at radius 1 is 1.00 bits per heavy atom. The summed E-state index contributed by atoms with van der Waals surface area (Å²) in [7, 11) is 1.81. The predicted molar refractivity (Wildman–Crippen MR) is 167 cm³/mol. The van der Waals surface area contributed by atoms with Crippen LogP contribution in [0.15, 0.2) is 85.1 Å². The number of para-hydroxylation sites is 2. The van der Waals surface area contributed by atoms with E-state index >= 15 is 0 Å². The van der Waals surface area contributed by atoms with Gasteiger partial charge in [0, 0.05) is 68.4 Å². The molecule has 2 N–H and O–H groups in total. The SMILES string of the molecule is CSN1CC2(CCN(C(=O)N[C@H](Cc3c[nH]c4ccccc34)C(=O)N(C)Cc3ccccc3)CC2)c2ccccc21. The third-order valence-electron chi connectivity index (χ3n) is 8.75. The molecule has 0 unspecified atom stereocenters. The second-order valence-corrected chi connectivity index (χ2v) is 12.1. The number of benzene rings is 3. The molecule has 3 aromatic carbocycles. The maximum atomic E-state index is 13.8. The standard InChI is InChI=1S/C33H37N5O2S/c1-36(22-24-10-4-3-5-11-24)31(39)29(20-25-21-34-28-14-8-6-12-26(25)28)35-32(40)37-18-16-33(17-19-37)23-38(41-2)30-15-9-7-13-27(30)33/h3-15,21,29,34H,16-20,22-23H2,1-2H3,(H,35,40)/t29-/m1/s1. The smallest absolute Gasteiger partial charge is 0.318 e. The van der Waals surface area contributed by atoms with Gasteiger partial charge in [0.2, 0.25) is 5.91 Å². The van der Waals surface area contributed by atoms with E-state index in [0.717, 1.165) is 41.4 Å². The van der Waals surface area contributed by atoms with Gasteiger partial charge in [0.1, 0.15) is 6.04 Å². The first kappa shape index (κ1) is 27.3. The highest BCUT2D eigenvalue weighted by Gasteiger charge is 2.45. The minimum absolute atomic E-state index is 0.0611. The fourth-order valence-corrected chi connectivity index (χ4v) is 7.21. The molecule has 0 bridgehead atoms. The number of aromatic nitrogens is 1. The molecule has 2 aliphatic heterocycles. The Bertz CT molecular complexity index is 1530. The van der Waals surface area contributed by atoms with Crippen molar-refractivity contribution in [3.63, 3.8) is 0 Å². The van der Waals surface area contributed by atoms with Crippen LogP contribution in [0.2, 0.25) is 0 Å². The minimum Gasteiger partial charge on any atom is -0.361 e. The first-order valence-electron chi connectivity index (χ1n) is 14.3. The second-order valence-electron chi connectivity index (χ2n) is 11.2. The number of H-pyrrole nitrogens is 1. The van der Waals surface area contributed by atoms with Gasteiger partial charge in [-0.3, -0.25) is 4.79 Å². The molecule has 7 nitrogen and oxygen atoms in total. The second kappa shape index (κ2) is 11.5. The summed E-state index contributed by atoms with van der Waals surface area (Å²) in [6.45, 7) is 2.78. The summed E-state index contributed by atoms with van der Waals surface area (Å²) in [6, 6.07) is 25.8. The lowest BCUT2D eigenvalue weighted by Crippen LogP contribution is -2.55. The zero-order valence-electron chi connectivity index (χ0n) is 23.7. The maximum absolute atomic E-state index is 13.8. The number of rotatable bonds is 7. The van der Waals surface area contributed by atoms with Crippen molar-refractivity contribution in [2.45, 2.75) is 37.3 Å². The Balaban J connectivity index is 1.18. The van der Waals surface area contributed by atoms with Crippen LogP contribution in [0.5, 0.6) is 0 Å². The number of piperidine rings is 1. The van der Waals surface area contributed by atoms with Crippen molar-refractivity contribution in [1.82, 2.24) is 20.1 Å². The van der Waals surface area contributed by atoms with Crippen LogP contribution in [-0.2, 0) is 23.2 Å². The van der Waals surface area contributed by atoms with Gasteiger partial charge in [-0.2, -0.15) is 0 Å². The van der Waals surface area contributed by atoms with Gasteiger partial charge in [0.25, 0.3) is 0 Å². The molecule has 1 atom stereocenters. The molecule has 2 aliphatic rings. The normalized spacial score (nSPS) is 16.5. The number of carbonyl (C=O) groups is 2. The van der Waals surface area contributed by atoms with E-state index in [-0.39, 0.29) is 17.4 Å². The summed E-state index contributed by atoms with van der Waals surface area (Å²) in [5.41, 5.74) is 5.84. The van der Waals surface area contributed by atoms with Crippen molar-refractivity contribution in [2.24, 2.45) is 0 Å². The number of anilines is 1. The van der Waals surface area contributed by atoms with Gasteiger partial charge in [0.05, 0.1) is 5.69 Å². The molecule has 0 saturated carbocycles. The first-order valence-corrected chi connectivity index (χ1v) is 15.5. The number of nitrogens with one attached hydrogen (secondary N) is 2. The van der Waals surface area contributed by atoms with Crippen molar-refractivity contribution >= 4 is 40.5 Å². The summed E-state index contributed by atoms with van der Waals surface area (Å²) < 4.78 is 2.38. The summed E-state index contributed by atoms with van der Waals surface area (Å²) >= 11 is 1.76. The number of fused-ring (bicyclic) bond motifs is 3. The number of carbonyl (C=O) groups excluding carboxylic acids is 2. The number of hydrogen-bond donors (Lipinski definition) is 2. The molecule has 3 amide bonds. The highest BCUT2D eigenvalue weighted by atomic mass is 32.2. The predicted octanol–water partition coefficient (Wildman–Crippen LogP) is 5.58. The Kier molecular flexibility index (Phi) is 7.67. The topological polar surface area (TPSA) is 71.7 Å². The van der Waals surface area contributed by atoms with Crippen LogP contribution >= 0.6 is 11.9 Å². The number of hydrogen-bond acceptors (Lipinski definition) is 4. The summed E-state index contributed by atoms with van der Waals surface area (Å²) in [4.78, 5) is 34.4. The molecule has 1 fully saturated rings. The number of likely N-dealkylation sites (N-methyl/N-ethyl adjacent to an activating group) is 1. The third kappa shape index (κ3) is 5.40. The van der Waals surface area contributed by atoms with E-state index in [4.69, 9.17) is 0 Å². The average molecular weight is 568 g/mol. The third-order valence-corrected chi connectivity index (χ3v) is 9.52. The Labute approximate surface area is 246 Å². The highest BCUT2D eigenvalue weighted by Crippen LogP contribution is 2.48. The van der Waals surface area contributed by atoms with Gasteiger partial charge in [-0.25, -0.2) is 4.79 Å². The molecular formula is C33H37N5O2S. The number of likely N-dealkylation sites (tertiary alicyclic amines) is 1. The van der Waals surface area contributed by atoms with Gasteiger partial charge < -0.3 is 24.4 Å². The van der Waals surface area contributed by atoms with E-state index < -0.39 is 6.04 Å². The van der Waals surface area contributed by atoms with E-state index in [1.54, 1.807) is 16.8 Å². The van der Waals surface area contributed by atoms with Crippen LogP contribution in [-0.4, -0.2) is 65.7 Å². The lowest BCUT2D eigenvalue weighted by molar-refractivity contribution is -0.132. The van der Waals surface area contributed by atoms with E-state index in [0.29, 0.717) is 26.1 Å². The Morgan fingerprint density at radius 2 is 1.71 bits per heavy atom. The van der Waals surface area contributed by atoms with Crippen LogP contribution in [0, 0.1) is 0 Å². The quantitative estimate of drug-likeness (QED) is 0.286. The zero-order valence-corrected chi connectivity index (χ0v) is 24.5. The van der Waals surface area contributed by atoms with E-state index in [2.05, 4.69) is 51.2 Å². The zero-order chi connectivity index (χ0) is 28.4. The molecule has 0 radical (unpaired) electrons. The fraction of sp³-hybridized carbons (Fsp3) is 0.333. The number of nitrogens with zero attached hydrogens (tertiary/aromatic N) is 3. The van der Waals surface area contributed by atoms with Gasteiger partial charge in [-0.05, 0) is 41.7 Å². The molecule has 4 aromatic rings. The summed E-state index contributed by atoms with van der Waals surface area (Å²) in [6.07, 6.45) is 6.31. The van der Waals surface area contributed by atoms with E-state index in [1.165, 1.54) is 11.3 Å². The fourth-order valence-electron chi connectivity index (χ4n) is 6.48. The van der Waals surface area contributed by atoms with Crippen molar-refractivity contribution in [3.05, 3.63) is 102 Å². The monoisotopic (exact) mass is 567 g/mol. The summed E-state index contributed by atoms with van der Waals surface area (Å²) in [5, 5.41) is 4.21. The van der Waals surface area contributed by atoms with Crippen molar-refractivity contribution in [1.29, 1.82) is 0 Å². The highest BCUT2D eigenvalue weighted by molar-refractivity contribution is 8.00. The molecule has 8 heteroatoms. The molecule has 0 aliphatic carbocycles. The van der Waals surface area contributed by atoms with Crippen molar-refractivity contribution < 1.29 is 9.59 Å². The van der Waals surface area contributed by atoms with Gasteiger partial charge in [-0.1, -0.05) is 78.7 Å². The molecule has 1 spiro atoms. The van der Waals surface area contributed by atoms with Crippen LogP contribution < -0.4 is 9.62 Å². The largest absolute Gasteiger partial charge is 0.361 e. The van der Waals surface area contributed by atoms with Crippen LogP contribution in [0.3, 0.4) is 0 Å². The molecular weight excluding hydrogens is 530 g/mol. The number of urea groups is 1. The molecule has 3 heterocycles. The number of aromatic amines is 1. The van der Waals surface area contributed by atoms with Gasteiger partial charge >= 0.3 is 6.03 Å². The van der Waals surface area contributed by atoms with Crippen molar-refractivity contribution in [3.8, 4) is 0 Å². The van der Waals surface area contributed by atoms with E-state index in [9.17, 15) is 9.59 Å². The Morgan fingerprint density at radius 3 is 2.49 bits per heavy atom. The average Bonchev–Trinajstić information content (AvgIpc) is 3.56.